The summed E-state index contributed by atoms with van der Waals surface area (Å²) >= 11 is 0. The smallest absolute Gasteiger partial charge is 0.395 e. The molecule has 2 aromatic carbocycles. The Balaban J connectivity index is 1.90. The number of fused-ring (bicyclic) bond motifs is 1. The van der Waals surface area contributed by atoms with E-state index in [0.29, 0.717) is 6.42 Å². The Hall–Kier alpha value is -1.90. The molecule has 0 aliphatic heterocycles. The SMILES string of the molecule is O=S(=O)(Cc1cccc(C(F)(F)F)c1)N(CCO)C1CCc2ccccc21. The number of rotatable bonds is 6. The summed E-state index contributed by atoms with van der Waals surface area (Å²) in [4.78, 5) is 0. The Kier molecular flexibility index (Phi) is 5.60. The Labute approximate surface area is 156 Å². The quantitative estimate of drug-likeness (QED) is 0.809. The van der Waals surface area contributed by atoms with Crippen LogP contribution in [0.1, 0.15) is 34.7 Å². The monoisotopic (exact) mass is 399 g/mol. The minimum Gasteiger partial charge on any atom is -0.395 e. The van der Waals surface area contributed by atoms with Crippen molar-refractivity contribution in [1.82, 2.24) is 4.31 Å². The second kappa shape index (κ2) is 7.61. The Morgan fingerprint density at radius 3 is 2.56 bits per heavy atom. The van der Waals surface area contributed by atoms with E-state index >= 15 is 0 Å². The van der Waals surface area contributed by atoms with Crippen molar-refractivity contribution in [1.29, 1.82) is 0 Å². The van der Waals surface area contributed by atoms with E-state index in [4.69, 9.17) is 0 Å². The minimum absolute atomic E-state index is 0.0686. The number of aliphatic hydroxyl groups excluding tert-OH is 1. The summed E-state index contributed by atoms with van der Waals surface area (Å²) < 4.78 is 65.9. The lowest BCUT2D eigenvalue weighted by Gasteiger charge is -2.28. The molecule has 0 spiro atoms. The predicted octanol–water partition coefficient (Wildman–Crippen LogP) is 3.52. The number of aryl methyl sites for hydroxylation is 1. The van der Waals surface area contributed by atoms with Crippen LogP contribution in [-0.4, -0.2) is 31.0 Å². The Morgan fingerprint density at radius 1 is 1.11 bits per heavy atom. The molecule has 0 amide bonds. The van der Waals surface area contributed by atoms with E-state index in [0.717, 1.165) is 29.7 Å². The zero-order chi connectivity index (χ0) is 19.7. The minimum atomic E-state index is -4.53. The predicted molar refractivity (Wildman–Crippen MR) is 95.4 cm³/mol. The van der Waals surface area contributed by atoms with Crippen LogP contribution in [0.2, 0.25) is 0 Å². The van der Waals surface area contributed by atoms with Gasteiger partial charge in [0.25, 0.3) is 0 Å². The van der Waals surface area contributed by atoms with Gasteiger partial charge in [0.2, 0.25) is 10.0 Å². The van der Waals surface area contributed by atoms with Gasteiger partial charge in [-0.1, -0.05) is 42.5 Å². The van der Waals surface area contributed by atoms with Crippen molar-refractivity contribution >= 4 is 10.0 Å². The first-order valence-electron chi connectivity index (χ1n) is 8.56. The molecule has 0 aromatic heterocycles. The second-order valence-electron chi connectivity index (χ2n) is 6.54. The third-order valence-electron chi connectivity index (χ3n) is 4.73. The topological polar surface area (TPSA) is 57.6 Å². The van der Waals surface area contributed by atoms with Crippen LogP contribution >= 0.6 is 0 Å². The van der Waals surface area contributed by atoms with Crippen LogP contribution in [0.15, 0.2) is 48.5 Å². The first-order valence-corrected chi connectivity index (χ1v) is 10.2. The molecule has 0 radical (unpaired) electrons. The molecule has 0 saturated heterocycles. The van der Waals surface area contributed by atoms with Crippen molar-refractivity contribution < 1.29 is 26.7 Å². The van der Waals surface area contributed by atoms with Gasteiger partial charge in [-0.15, -0.1) is 0 Å². The molecule has 1 aliphatic carbocycles. The first kappa shape index (κ1) is 19.9. The molecule has 146 valence electrons. The normalized spacial score (nSPS) is 17.3. The molecule has 2 aromatic rings. The highest BCUT2D eigenvalue weighted by molar-refractivity contribution is 7.88. The van der Waals surface area contributed by atoms with E-state index in [9.17, 15) is 26.7 Å². The highest BCUT2D eigenvalue weighted by atomic mass is 32.2. The fourth-order valence-electron chi connectivity index (χ4n) is 3.55. The van der Waals surface area contributed by atoms with Crippen LogP contribution in [-0.2, 0) is 28.4 Å². The van der Waals surface area contributed by atoms with E-state index in [1.54, 1.807) is 0 Å². The average molecular weight is 399 g/mol. The lowest BCUT2D eigenvalue weighted by molar-refractivity contribution is -0.137. The molecular formula is C19H20F3NO3S. The van der Waals surface area contributed by atoms with E-state index in [1.165, 1.54) is 16.4 Å². The van der Waals surface area contributed by atoms with Crippen molar-refractivity contribution in [2.45, 2.75) is 30.8 Å². The highest BCUT2D eigenvalue weighted by Gasteiger charge is 2.35. The third kappa shape index (κ3) is 4.34. The fraction of sp³-hybridized carbons (Fsp3) is 0.368. The van der Waals surface area contributed by atoms with Crippen molar-refractivity contribution in [3.05, 3.63) is 70.8 Å². The molecule has 1 unspecified atom stereocenters. The molecular weight excluding hydrogens is 379 g/mol. The summed E-state index contributed by atoms with van der Waals surface area (Å²) in [6, 6.07) is 11.4. The number of sulfonamides is 1. The maximum absolute atomic E-state index is 13.0. The number of halogens is 3. The van der Waals surface area contributed by atoms with Crippen molar-refractivity contribution in [2.24, 2.45) is 0 Å². The average Bonchev–Trinajstić information content (AvgIpc) is 3.02. The molecule has 4 nitrogen and oxygen atoms in total. The summed E-state index contributed by atoms with van der Waals surface area (Å²) in [7, 11) is -3.92. The summed E-state index contributed by atoms with van der Waals surface area (Å²) in [5.74, 6) is -0.546. The number of benzene rings is 2. The lowest BCUT2D eigenvalue weighted by atomic mass is 10.1. The standard InChI is InChI=1S/C19H20F3NO3S/c20-19(21,22)16-6-3-4-14(12-16)13-27(25,26)23(10-11-24)18-9-8-15-5-1-2-7-17(15)18/h1-7,12,18,24H,8-11,13H2. The van der Waals surface area contributed by atoms with Gasteiger partial charge in [-0.25, -0.2) is 8.42 Å². The van der Waals surface area contributed by atoms with Crippen molar-refractivity contribution in [3.63, 3.8) is 0 Å². The summed E-state index contributed by atoms with van der Waals surface area (Å²) in [6.07, 6.45) is -3.22. The van der Waals surface area contributed by atoms with Gasteiger partial charge in [-0.05, 0) is 35.6 Å². The highest BCUT2D eigenvalue weighted by Crippen LogP contribution is 2.38. The van der Waals surface area contributed by atoms with Gasteiger partial charge in [0, 0.05) is 6.54 Å². The zero-order valence-electron chi connectivity index (χ0n) is 14.5. The van der Waals surface area contributed by atoms with E-state index < -0.39 is 33.6 Å². The molecule has 0 fully saturated rings. The molecule has 3 rings (SSSR count). The third-order valence-corrected chi connectivity index (χ3v) is 6.58. The van der Waals surface area contributed by atoms with E-state index in [-0.39, 0.29) is 18.7 Å². The Morgan fingerprint density at radius 2 is 1.85 bits per heavy atom. The fourth-order valence-corrected chi connectivity index (χ4v) is 5.29. The summed E-state index contributed by atoms with van der Waals surface area (Å²) in [5, 5.41) is 9.37. The van der Waals surface area contributed by atoms with Gasteiger partial charge < -0.3 is 5.11 Å². The molecule has 27 heavy (non-hydrogen) atoms. The number of alkyl halides is 3. The van der Waals surface area contributed by atoms with Crippen LogP contribution < -0.4 is 0 Å². The number of nitrogens with zero attached hydrogens (tertiary/aromatic N) is 1. The molecule has 1 N–H and O–H groups in total. The molecule has 0 heterocycles. The largest absolute Gasteiger partial charge is 0.416 e. The van der Waals surface area contributed by atoms with Gasteiger partial charge in [0.05, 0.1) is 24.0 Å². The van der Waals surface area contributed by atoms with E-state index in [2.05, 4.69) is 0 Å². The van der Waals surface area contributed by atoms with Gasteiger partial charge >= 0.3 is 6.18 Å². The van der Waals surface area contributed by atoms with E-state index in [1.807, 2.05) is 24.3 Å². The van der Waals surface area contributed by atoms with Crippen LogP contribution in [0, 0.1) is 0 Å². The zero-order valence-corrected chi connectivity index (χ0v) is 15.3. The first-order chi connectivity index (χ1) is 12.7. The lowest BCUT2D eigenvalue weighted by Crippen LogP contribution is -2.37. The Bertz CT molecular complexity index is 912. The summed E-state index contributed by atoms with van der Waals surface area (Å²) in [5.41, 5.74) is 1.13. The number of aliphatic hydroxyl groups is 1. The van der Waals surface area contributed by atoms with Crippen LogP contribution in [0.3, 0.4) is 0 Å². The number of hydrogen-bond donors (Lipinski definition) is 1. The molecule has 1 atom stereocenters. The van der Waals surface area contributed by atoms with Crippen LogP contribution in [0.5, 0.6) is 0 Å². The number of hydrogen-bond acceptors (Lipinski definition) is 3. The van der Waals surface area contributed by atoms with Gasteiger partial charge in [-0.3, -0.25) is 0 Å². The van der Waals surface area contributed by atoms with Gasteiger partial charge in [0.15, 0.2) is 0 Å². The summed E-state index contributed by atoms with van der Waals surface area (Å²) in [6.45, 7) is -0.458. The van der Waals surface area contributed by atoms with Gasteiger partial charge in [-0.2, -0.15) is 17.5 Å². The van der Waals surface area contributed by atoms with Gasteiger partial charge in [0.1, 0.15) is 0 Å². The maximum atomic E-state index is 13.0. The molecule has 1 aliphatic rings. The molecule has 0 saturated carbocycles. The van der Waals surface area contributed by atoms with Crippen molar-refractivity contribution in [2.75, 3.05) is 13.2 Å². The van der Waals surface area contributed by atoms with Crippen LogP contribution in [0.25, 0.3) is 0 Å². The second-order valence-corrected chi connectivity index (χ2v) is 8.46. The van der Waals surface area contributed by atoms with Crippen molar-refractivity contribution in [3.8, 4) is 0 Å². The maximum Gasteiger partial charge on any atom is 0.416 e. The van der Waals surface area contributed by atoms with Crippen LogP contribution in [0.4, 0.5) is 13.2 Å². The molecule has 0 bridgehead atoms. The molecule has 8 heteroatoms.